The van der Waals surface area contributed by atoms with Crippen molar-refractivity contribution in [2.24, 2.45) is 0 Å². The Morgan fingerprint density at radius 3 is 2.96 bits per heavy atom. The van der Waals surface area contributed by atoms with Gasteiger partial charge in [-0.3, -0.25) is 14.8 Å². The van der Waals surface area contributed by atoms with Crippen LogP contribution >= 0.6 is 11.3 Å². The first-order chi connectivity index (χ1) is 11.2. The summed E-state index contributed by atoms with van der Waals surface area (Å²) in [6.07, 6.45) is 5.17. The van der Waals surface area contributed by atoms with Crippen LogP contribution in [-0.2, 0) is 13.0 Å². The van der Waals surface area contributed by atoms with Crippen molar-refractivity contribution in [1.29, 1.82) is 0 Å². The number of thiophene rings is 1. The largest absolute Gasteiger partial charge is 0.308 e. The monoisotopic (exact) mass is 329 g/mol. The molecule has 0 atom stereocenters. The summed E-state index contributed by atoms with van der Waals surface area (Å²) in [4.78, 5) is 23.4. The number of fused-ring (bicyclic) bond motifs is 1. The minimum absolute atomic E-state index is 0.0398. The van der Waals surface area contributed by atoms with E-state index in [0.29, 0.717) is 4.70 Å². The molecule has 23 heavy (non-hydrogen) atoms. The van der Waals surface area contributed by atoms with Gasteiger partial charge in [-0.05, 0) is 38.4 Å². The molecule has 0 saturated carbocycles. The van der Waals surface area contributed by atoms with Crippen molar-refractivity contribution in [2.75, 3.05) is 13.1 Å². The fourth-order valence-electron chi connectivity index (χ4n) is 3.14. The third kappa shape index (κ3) is 2.70. The van der Waals surface area contributed by atoms with E-state index in [-0.39, 0.29) is 5.56 Å². The zero-order valence-corrected chi connectivity index (χ0v) is 13.9. The van der Waals surface area contributed by atoms with Gasteiger partial charge in [0, 0.05) is 16.1 Å². The van der Waals surface area contributed by atoms with Gasteiger partial charge in [0.05, 0.1) is 18.3 Å². The molecular formula is C16H19N5OS. The molecule has 0 aliphatic carbocycles. The molecule has 3 aromatic heterocycles. The Balaban J connectivity index is 1.73. The highest BCUT2D eigenvalue weighted by Gasteiger charge is 2.16. The van der Waals surface area contributed by atoms with Crippen LogP contribution in [0.1, 0.15) is 31.3 Å². The fourth-order valence-corrected chi connectivity index (χ4v) is 4.17. The molecular weight excluding hydrogens is 310 g/mol. The fraction of sp³-hybridized carbons (Fsp3) is 0.438. The van der Waals surface area contributed by atoms with Crippen LogP contribution in [0.25, 0.3) is 20.7 Å². The second kappa shape index (κ2) is 5.90. The summed E-state index contributed by atoms with van der Waals surface area (Å²) in [5.41, 5.74) is 2.90. The summed E-state index contributed by atoms with van der Waals surface area (Å²) < 4.78 is 0.688. The number of nitrogens with one attached hydrogen (secondary N) is 2. The van der Waals surface area contributed by atoms with E-state index in [9.17, 15) is 4.79 Å². The molecule has 7 heteroatoms. The van der Waals surface area contributed by atoms with E-state index < -0.39 is 0 Å². The SMILES string of the molecule is CCc1[nH]ncc1-c1cc2nc(CN3CCCC3)[nH]c(=O)c2s1. The molecule has 1 fully saturated rings. The number of rotatable bonds is 4. The highest BCUT2D eigenvalue weighted by Crippen LogP contribution is 2.32. The highest BCUT2D eigenvalue weighted by molar-refractivity contribution is 7.22. The number of nitrogens with zero attached hydrogens (tertiary/aromatic N) is 3. The minimum atomic E-state index is -0.0398. The van der Waals surface area contributed by atoms with Crippen LogP contribution in [-0.4, -0.2) is 38.2 Å². The number of hydrogen-bond acceptors (Lipinski definition) is 5. The van der Waals surface area contributed by atoms with Crippen LogP contribution in [0, 0.1) is 0 Å². The lowest BCUT2D eigenvalue weighted by molar-refractivity contribution is 0.322. The third-order valence-corrected chi connectivity index (χ3v) is 5.50. The van der Waals surface area contributed by atoms with E-state index >= 15 is 0 Å². The quantitative estimate of drug-likeness (QED) is 0.771. The maximum Gasteiger partial charge on any atom is 0.268 e. The number of H-pyrrole nitrogens is 2. The predicted molar refractivity (Wildman–Crippen MR) is 91.7 cm³/mol. The normalized spacial score (nSPS) is 15.7. The lowest BCUT2D eigenvalue weighted by Crippen LogP contribution is -2.22. The molecule has 120 valence electrons. The summed E-state index contributed by atoms with van der Waals surface area (Å²) in [6.45, 7) is 4.99. The van der Waals surface area contributed by atoms with Gasteiger partial charge in [-0.2, -0.15) is 5.10 Å². The minimum Gasteiger partial charge on any atom is -0.308 e. The first kappa shape index (κ1) is 14.6. The number of aromatic nitrogens is 4. The van der Waals surface area contributed by atoms with Crippen LogP contribution in [0.15, 0.2) is 17.1 Å². The molecule has 0 unspecified atom stereocenters. The number of likely N-dealkylation sites (tertiary alicyclic amines) is 1. The van der Waals surface area contributed by atoms with E-state index in [1.165, 1.54) is 24.2 Å². The van der Waals surface area contributed by atoms with Crippen LogP contribution in [0.2, 0.25) is 0 Å². The van der Waals surface area contributed by atoms with Crippen molar-refractivity contribution < 1.29 is 0 Å². The second-order valence-corrected chi connectivity index (χ2v) is 6.99. The first-order valence-electron chi connectivity index (χ1n) is 8.02. The Morgan fingerprint density at radius 1 is 1.35 bits per heavy atom. The summed E-state index contributed by atoms with van der Waals surface area (Å²) in [5.74, 6) is 0.761. The molecule has 0 radical (unpaired) electrons. The Hall–Kier alpha value is -1.99. The molecule has 0 amide bonds. The van der Waals surface area contributed by atoms with Gasteiger partial charge < -0.3 is 4.98 Å². The van der Waals surface area contributed by atoms with Gasteiger partial charge in [-0.25, -0.2) is 4.98 Å². The molecule has 4 heterocycles. The van der Waals surface area contributed by atoms with Crippen LogP contribution in [0.4, 0.5) is 0 Å². The van der Waals surface area contributed by atoms with Crippen molar-refractivity contribution in [3.63, 3.8) is 0 Å². The Morgan fingerprint density at radius 2 is 2.17 bits per heavy atom. The van der Waals surface area contributed by atoms with E-state index in [1.807, 2.05) is 12.3 Å². The molecule has 0 spiro atoms. The van der Waals surface area contributed by atoms with Gasteiger partial charge >= 0.3 is 0 Å². The molecule has 6 nitrogen and oxygen atoms in total. The summed E-state index contributed by atoms with van der Waals surface area (Å²) in [6, 6.07) is 2.01. The molecule has 3 aromatic rings. The smallest absolute Gasteiger partial charge is 0.268 e. The maximum atomic E-state index is 12.4. The average Bonchev–Trinajstić information content (AvgIpc) is 3.26. The number of hydrogen-bond donors (Lipinski definition) is 2. The summed E-state index contributed by atoms with van der Waals surface area (Å²) in [7, 11) is 0. The standard InChI is InChI=1S/C16H19N5OS/c1-2-11-10(8-17-20-11)13-7-12-15(23-13)16(22)19-14(18-12)9-21-5-3-4-6-21/h7-8H,2-6,9H2,1H3,(H,17,20)(H,18,19,22). The van der Waals surface area contributed by atoms with E-state index in [2.05, 4.69) is 32.0 Å². The van der Waals surface area contributed by atoms with Gasteiger partial charge in [0.25, 0.3) is 5.56 Å². The molecule has 4 rings (SSSR count). The lowest BCUT2D eigenvalue weighted by atomic mass is 10.2. The lowest BCUT2D eigenvalue weighted by Gasteiger charge is -2.13. The zero-order chi connectivity index (χ0) is 15.8. The van der Waals surface area contributed by atoms with Crippen molar-refractivity contribution in [3.8, 4) is 10.4 Å². The van der Waals surface area contributed by atoms with Gasteiger partial charge in [0.2, 0.25) is 0 Å². The van der Waals surface area contributed by atoms with Crippen LogP contribution < -0.4 is 5.56 Å². The topological polar surface area (TPSA) is 77.7 Å². The van der Waals surface area contributed by atoms with Gasteiger partial charge in [0.1, 0.15) is 10.5 Å². The third-order valence-electron chi connectivity index (χ3n) is 4.34. The molecule has 1 aliphatic rings. The van der Waals surface area contributed by atoms with Crippen molar-refractivity contribution in [3.05, 3.63) is 34.1 Å². The van der Waals surface area contributed by atoms with Gasteiger partial charge in [-0.1, -0.05) is 6.92 Å². The summed E-state index contributed by atoms with van der Waals surface area (Å²) in [5, 5.41) is 7.13. The molecule has 0 bridgehead atoms. The Labute approximate surface area is 137 Å². The van der Waals surface area contributed by atoms with Crippen molar-refractivity contribution in [2.45, 2.75) is 32.7 Å². The second-order valence-electron chi connectivity index (χ2n) is 5.94. The van der Waals surface area contributed by atoms with Gasteiger partial charge in [-0.15, -0.1) is 11.3 Å². The Bertz CT molecular complexity index is 887. The van der Waals surface area contributed by atoms with Gasteiger partial charge in [0.15, 0.2) is 0 Å². The number of aromatic amines is 2. The Kier molecular flexibility index (Phi) is 3.74. The molecule has 0 aromatic carbocycles. The summed E-state index contributed by atoms with van der Waals surface area (Å²) >= 11 is 1.48. The van der Waals surface area contributed by atoms with E-state index in [1.54, 1.807) is 0 Å². The van der Waals surface area contributed by atoms with Crippen molar-refractivity contribution in [1.82, 2.24) is 25.1 Å². The molecule has 1 aliphatic heterocycles. The molecule has 2 N–H and O–H groups in total. The zero-order valence-electron chi connectivity index (χ0n) is 13.1. The number of aryl methyl sites for hydroxylation is 1. The van der Waals surface area contributed by atoms with Crippen LogP contribution in [0.5, 0.6) is 0 Å². The van der Waals surface area contributed by atoms with E-state index in [0.717, 1.165) is 53.5 Å². The maximum absolute atomic E-state index is 12.4. The van der Waals surface area contributed by atoms with E-state index in [4.69, 9.17) is 0 Å². The average molecular weight is 329 g/mol. The first-order valence-corrected chi connectivity index (χ1v) is 8.84. The molecule has 1 saturated heterocycles. The van der Waals surface area contributed by atoms with Crippen LogP contribution in [0.3, 0.4) is 0 Å². The van der Waals surface area contributed by atoms with Crippen molar-refractivity contribution >= 4 is 21.6 Å². The predicted octanol–water partition coefficient (Wildman–Crippen LogP) is 2.53. The highest BCUT2D eigenvalue weighted by atomic mass is 32.1.